The van der Waals surface area contributed by atoms with Crippen molar-refractivity contribution >= 4 is 24.1 Å². The van der Waals surface area contributed by atoms with E-state index in [4.69, 9.17) is 17.5 Å². The van der Waals surface area contributed by atoms with Gasteiger partial charge in [-0.25, -0.2) is 0 Å². The van der Waals surface area contributed by atoms with E-state index in [-0.39, 0.29) is 28.6 Å². The fourth-order valence-electron chi connectivity index (χ4n) is 3.45. The second-order valence-corrected chi connectivity index (χ2v) is 7.41. The highest BCUT2D eigenvalue weighted by molar-refractivity contribution is 7.81. The molecular weight excluding hydrogens is 346 g/mol. The van der Waals surface area contributed by atoms with E-state index in [9.17, 15) is 9.90 Å². The highest BCUT2D eigenvalue weighted by Crippen LogP contribution is 2.37. The van der Waals surface area contributed by atoms with E-state index in [1.165, 1.54) is 5.56 Å². The lowest BCUT2D eigenvalue weighted by Crippen LogP contribution is -2.31. The fraction of sp³-hybridized carbons (Fsp3) is 0.524. The number of aliphatic hydroxyl groups is 1. The van der Waals surface area contributed by atoms with Crippen molar-refractivity contribution in [2.24, 2.45) is 11.1 Å². The number of hydrogen-bond acceptors (Lipinski definition) is 5. The quantitative estimate of drug-likeness (QED) is 0.379. The number of allylic oxidation sites excluding steroid dienone is 2. The third-order valence-electron chi connectivity index (χ3n) is 4.87. The van der Waals surface area contributed by atoms with E-state index >= 15 is 0 Å². The van der Waals surface area contributed by atoms with E-state index in [2.05, 4.69) is 24.2 Å². The Hall–Kier alpha value is -1.75. The largest absolute Gasteiger partial charge is 0.511 e. The van der Waals surface area contributed by atoms with Gasteiger partial charge in [-0.1, -0.05) is 55.8 Å². The molecule has 0 saturated heterocycles. The molecule has 1 N–H and O–H groups in total. The van der Waals surface area contributed by atoms with E-state index in [1.54, 1.807) is 0 Å². The van der Waals surface area contributed by atoms with Crippen molar-refractivity contribution in [3.8, 4) is 0 Å². The van der Waals surface area contributed by atoms with Gasteiger partial charge in [-0.3, -0.25) is 4.79 Å². The summed E-state index contributed by atoms with van der Waals surface area (Å²) >= 11 is 4.80. The van der Waals surface area contributed by atoms with Gasteiger partial charge in [0.25, 0.3) is 0 Å². The van der Waals surface area contributed by atoms with Crippen LogP contribution in [0.25, 0.3) is 0 Å². The smallest absolute Gasteiger partial charge is 0.168 e. The number of ketones is 1. The lowest BCUT2D eigenvalue weighted by atomic mass is 9.78. The number of nitrogens with zero attached hydrogens (tertiary/aromatic N) is 1. The summed E-state index contributed by atoms with van der Waals surface area (Å²) in [6.45, 7) is 6.41. The summed E-state index contributed by atoms with van der Waals surface area (Å²) in [4.78, 5) is 17.9. The molecule has 0 heterocycles. The third-order valence-corrected chi connectivity index (χ3v) is 5.74. The van der Waals surface area contributed by atoms with Gasteiger partial charge in [-0.15, -0.1) is 0 Å². The van der Waals surface area contributed by atoms with Crippen molar-refractivity contribution in [1.82, 2.24) is 0 Å². The molecule has 0 saturated carbocycles. The van der Waals surface area contributed by atoms with Gasteiger partial charge in [-0.2, -0.15) is 12.6 Å². The standard InChI is InChI=1S/C21H29NO3S/c1-4-9-17(22-25-5-2)20-18(23)12-16(13-19(20)24)21(26)14(3)15-10-7-6-8-11-15/h6-8,10-11,14,16,21,23,26H,4-5,9,12-13H2,1-3H3/b22-17-. The summed E-state index contributed by atoms with van der Waals surface area (Å²) in [6, 6.07) is 10.2. The van der Waals surface area contributed by atoms with Gasteiger partial charge in [0.15, 0.2) is 5.78 Å². The molecule has 1 aliphatic carbocycles. The van der Waals surface area contributed by atoms with Gasteiger partial charge in [0.2, 0.25) is 0 Å². The average Bonchev–Trinajstić information content (AvgIpc) is 2.64. The van der Waals surface area contributed by atoms with Crippen molar-refractivity contribution in [1.29, 1.82) is 0 Å². The van der Waals surface area contributed by atoms with E-state index < -0.39 is 0 Å². The third kappa shape index (κ3) is 4.91. The predicted octanol–water partition coefficient (Wildman–Crippen LogP) is 5.07. The molecule has 0 bridgehead atoms. The number of rotatable bonds is 8. The molecule has 5 heteroatoms. The number of aliphatic hydroxyl groups excluding tert-OH is 1. The van der Waals surface area contributed by atoms with Crippen LogP contribution >= 0.6 is 12.6 Å². The van der Waals surface area contributed by atoms with E-state index in [0.717, 1.165) is 6.42 Å². The van der Waals surface area contributed by atoms with E-state index in [0.29, 0.717) is 37.2 Å². The van der Waals surface area contributed by atoms with Gasteiger partial charge in [0.1, 0.15) is 12.4 Å². The first kappa shape index (κ1) is 20.6. The Balaban J connectivity index is 2.20. The Morgan fingerprint density at radius 2 is 2.00 bits per heavy atom. The molecule has 0 fully saturated rings. The molecule has 0 radical (unpaired) electrons. The first-order valence-electron chi connectivity index (χ1n) is 9.37. The average molecular weight is 376 g/mol. The van der Waals surface area contributed by atoms with E-state index in [1.807, 2.05) is 32.0 Å². The minimum atomic E-state index is -0.0648. The zero-order valence-corrected chi connectivity index (χ0v) is 16.7. The summed E-state index contributed by atoms with van der Waals surface area (Å²) < 4.78 is 0. The summed E-state index contributed by atoms with van der Waals surface area (Å²) in [5.74, 6) is 0.251. The predicted molar refractivity (Wildman–Crippen MR) is 109 cm³/mol. The second-order valence-electron chi connectivity index (χ2n) is 6.81. The van der Waals surface area contributed by atoms with Gasteiger partial charge in [0.05, 0.1) is 11.3 Å². The van der Waals surface area contributed by atoms with Crippen LogP contribution in [0.5, 0.6) is 0 Å². The Morgan fingerprint density at radius 3 is 2.58 bits per heavy atom. The monoisotopic (exact) mass is 375 g/mol. The number of carbonyl (C=O) groups is 1. The topological polar surface area (TPSA) is 58.9 Å². The molecule has 142 valence electrons. The van der Waals surface area contributed by atoms with Crippen molar-refractivity contribution in [3.05, 3.63) is 47.2 Å². The molecule has 0 spiro atoms. The van der Waals surface area contributed by atoms with Gasteiger partial charge in [-0.05, 0) is 30.7 Å². The summed E-state index contributed by atoms with van der Waals surface area (Å²) in [6.07, 6.45) is 2.26. The molecule has 3 atom stereocenters. The highest BCUT2D eigenvalue weighted by Gasteiger charge is 2.35. The molecule has 1 aliphatic rings. The zero-order chi connectivity index (χ0) is 19.1. The van der Waals surface area contributed by atoms with Crippen LogP contribution in [0.3, 0.4) is 0 Å². The summed E-state index contributed by atoms with van der Waals surface area (Å²) in [5, 5.41) is 14.7. The number of hydrogen-bond donors (Lipinski definition) is 2. The number of carbonyl (C=O) groups excluding carboxylic acids is 1. The van der Waals surface area contributed by atoms with Crippen molar-refractivity contribution in [2.75, 3.05) is 6.61 Å². The minimum absolute atomic E-state index is 0.000223. The van der Waals surface area contributed by atoms with Crippen LogP contribution in [0, 0.1) is 5.92 Å². The molecule has 0 aromatic heterocycles. The van der Waals surface area contributed by atoms with Crippen LogP contribution in [0.1, 0.15) is 57.9 Å². The summed E-state index contributed by atoms with van der Waals surface area (Å²) in [7, 11) is 0. The molecule has 4 nitrogen and oxygen atoms in total. The van der Waals surface area contributed by atoms with Crippen molar-refractivity contribution < 1.29 is 14.7 Å². The number of oxime groups is 1. The van der Waals surface area contributed by atoms with Crippen LogP contribution in [-0.2, 0) is 9.63 Å². The fourth-order valence-corrected chi connectivity index (χ4v) is 3.83. The van der Waals surface area contributed by atoms with Gasteiger partial charge >= 0.3 is 0 Å². The molecular formula is C21H29NO3S. The Kier molecular flexibility index (Phi) is 7.76. The Morgan fingerprint density at radius 1 is 1.31 bits per heavy atom. The highest BCUT2D eigenvalue weighted by atomic mass is 32.1. The van der Waals surface area contributed by atoms with Crippen LogP contribution < -0.4 is 0 Å². The first-order valence-corrected chi connectivity index (χ1v) is 9.88. The minimum Gasteiger partial charge on any atom is -0.511 e. The molecule has 0 amide bonds. The van der Waals surface area contributed by atoms with Crippen LogP contribution in [0.15, 0.2) is 46.8 Å². The maximum atomic E-state index is 12.8. The van der Waals surface area contributed by atoms with Crippen molar-refractivity contribution in [2.45, 2.75) is 57.6 Å². The van der Waals surface area contributed by atoms with Crippen molar-refractivity contribution in [3.63, 3.8) is 0 Å². The summed E-state index contributed by atoms with van der Waals surface area (Å²) in [5.41, 5.74) is 2.10. The van der Waals surface area contributed by atoms with Gasteiger partial charge < -0.3 is 9.94 Å². The maximum absolute atomic E-state index is 12.8. The molecule has 1 aromatic rings. The molecule has 1 aromatic carbocycles. The lowest BCUT2D eigenvalue weighted by molar-refractivity contribution is -0.116. The maximum Gasteiger partial charge on any atom is 0.168 e. The molecule has 26 heavy (non-hydrogen) atoms. The second kappa shape index (κ2) is 9.81. The molecule has 3 unspecified atom stereocenters. The van der Waals surface area contributed by atoms with Crippen LogP contribution in [-0.4, -0.2) is 28.5 Å². The molecule has 0 aliphatic heterocycles. The number of thiol groups is 1. The van der Waals surface area contributed by atoms with Crippen LogP contribution in [0.2, 0.25) is 0 Å². The van der Waals surface area contributed by atoms with Crippen LogP contribution in [0.4, 0.5) is 0 Å². The number of Topliss-reactive ketones (excluding diaryl/α,β-unsaturated/α-hetero) is 1. The zero-order valence-electron chi connectivity index (χ0n) is 15.8. The Bertz CT molecular complexity index is 669. The number of benzene rings is 1. The first-order chi connectivity index (χ1) is 12.5. The Labute approximate surface area is 161 Å². The normalized spacial score (nSPS) is 20.8. The van der Waals surface area contributed by atoms with Gasteiger partial charge in [0, 0.05) is 18.1 Å². The lowest BCUT2D eigenvalue weighted by Gasteiger charge is -2.31. The SMILES string of the molecule is CCC/C(=N/OCC)C1=C(O)CC(C(S)C(C)c2ccccc2)CC1=O. The molecule has 2 rings (SSSR count).